The van der Waals surface area contributed by atoms with Gasteiger partial charge in [0, 0.05) is 16.9 Å². The summed E-state index contributed by atoms with van der Waals surface area (Å²) in [6.45, 7) is 0. The second-order valence-corrected chi connectivity index (χ2v) is 7.17. The molecule has 0 amide bonds. The Labute approximate surface area is 121 Å². The summed E-state index contributed by atoms with van der Waals surface area (Å²) in [6.07, 6.45) is 4.72. The van der Waals surface area contributed by atoms with Gasteiger partial charge in [-0.3, -0.25) is 0 Å². The highest BCUT2D eigenvalue weighted by molar-refractivity contribution is 8.13. The summed E-state index contributed by atoms with van der Waals surface area (Å²) < 4.78 is 28.5. The minimum atomic E-state index is -3.88. The van der Waals surface area contributed by atoms with E-state index in [0.717, 1.165) is 19.3 Å². The van der Waals surface area contributed by atoms with Crippen LogP contribution in [0.15, 0.2) is 41.4 Å². The summed E-state index contributed by atoms with van der Waals surface area (Å²) >= 11 is 0. The van der Waals surface area contributed by atoms with Crippen LogP contribution < -0.4 is 4.74 Å². The SMILES string of the molecule is O=S(=O)(Cl)c1cccnc1Oc1ccc2c(c1)CCC2. The highest BCUT2D eigenvalue weighted by atomic mass is 35.7. The smallest absolute Gasteiger partial charge is 0.266 e. The first kappa shape index (κ1) is 13.4. The van der Waals surface area contributed by atoms with Gasteiger partial charge in [-0.25, -0.2) is 13.4 Å². The van der Waals surface area contributed by atoms with Crippen LogP contribution in [0, 0.1) is 0 Å². The van der Waals surface area contributed by atoms with Crippen molar-refractivity contribution >= 4 is 19.7 Å². The number of aryl methyl sites for hydroxylation is 2. The van der Waals surface area contributed by atoms with E-state index < -0.39 is 9.05 Å². The van der Waals surface area contributed by atoms with Crippen molar-refractivity contribution in [1.29, 1.82) is 0 Å². The molecule has 0 spiro atoms. The molecule has 4 nitrogen and oxygen atoms in total. The Morgan fingerprint density at radius 3 is 2.75 bits per heavy atom. The largest absolute Gasteiger partial charge is 0.438 e. The van der Waals surface area contributed by atoms with E-state index >= 15 is 0 Å². The second kappa shape index (κ2) is 5.07. The van der Waals surface area contributed by atoms with Crippen LogP contribution >= 0.6 is 10.7 Å². The van der Waals surface area contributed by atoms with Gasteiger partial charge in [-0.05, 0) is 54.7 Å². The van der Waals surface area contributed by atoms with E-state index in [-0.39, 0.29) is 10.8 Å². The fraction of sp³-hybridized carbons (Fsp3) is 0.214. The van der Waals surface area contributed by atoms with Crippen LogP contribution in [0.3, 0.4) is 0 Å². The molecular formula is C14H12ClNO3S. The maximum absolute atomic E-state index is 11.5. The number of halogens is 1. The van der Waals surface area contributed by atoms with Crippen molar-refractivity contribution < 1.29 is 13.2 Å². The van der Waals surface area contributed by atoms with Crippen LogP contribution in [-0.2, 0) is 21.9 Å². The van der Waals surface area contributed by atoms with E-state index in [1.54, 1.807) is 0 Å². The van der Waals surface area contributed by atoms with Gasteiger partial charge in [0.2, 0.25) is 5.88 Å². The van der Waals surface area contributed by atoms with Gasteiger partial charge in [-0.15, -0.1) is 0 Å². The molecule has 0 atom stereocenters. The Kier molecular flexibility index (Phi) is 3.40. The van der Waals surface area contributed by atoms with Crippen LogP contribution in [-0.4, -0.2) is 13.4 Å². The molecule has 1 aromatic carbocycles. The summed E-state index contributed by atoms with van der Waals surface area (Å²) in [5.74, 6) is 0.575. The van der Waals surface area contributed by atoms with Crippen molar-refractivity contribution in [3.8, 4) is 11.6 Å². The lowest BCUT2D eigenvalue weighted by Gasteiger charge is -2.09. The summed E-state index contributed by atoms with van der Waals surface area (Å²) in [6, 6.07) is 8.64. The van der Waals surface area contributed by atoms with Crippen LogP contribution in [0.1, 0.15) is 17.5 Å². The molecule has 0 radical (unpaired) electrons. The van der Waals surface area contributed by atoms with E-state index in [9.17, 15) is 8.42 Å². The van der Waals surface area contributed by atoms with Crippen molar-refractivity contribution in [3.63, 3.8) is 0 Å². The molecule has 20 heavy (non-hydrogen) atoms. The van der Waals surface area contributed by atoms with Crippen molar-refractivity contribution in [2.75, 3.05) is 0 Å². The zero-order chi connectivity index (χ0) is 14.2. The van der Waals surface area contributed by atoms with E-state index in [2.05, 4.69) is 4.98 Å². The monoisotopic (exact) mass is 309 g/mol. The van der Waals surface area contributed by atoms with Gasteiger partial charge >= 0.3 is 0 Å². The molecule has 0 unspecified atom stereocenters. The van der Waals surface area contributed by atoms with Gasteiger partial charge < -0.3 is 4.74 Å². The molecule has 104 valence electrons. The number of ether oxygens (including phenoxy) is 1. The molecule has 0 bridgehead atoms. The lowest BCUT2D eigenvalue weighted by molar-refractivity contribution is 0.447. The summed E-state index contributed by atoms with van der Waals surface area (Å²) in [7, 11) is 1.50. The first-order chi connectivity index (χ1) is 9.54. The lowest BCUT2D eigenvalue weighted by atomic mass is 10.1. The molecule has 0 saturated carbocycles. The maximum Gasteiger partial charge on any atom is 0.266 e. The number of aromatic nitrogens is 1. The van der Waals surface area contributed by atoms with E-state index in [4.69, 9.17) is 15.4 Å². The van der Waals surface area contributed by atoms with Gasteiger partial charge in [-0.1, -0.05) is 6.07 Å². The van der Waals surface area contributed by atoms with Crippen molar-refractivity contribution in [3.05, 3.63) is 47.7 Å². The lowest BCUT2D eigenvalue weighted by Crippen LogP contribution is -1.98. The predicted octanol–water partition coefficient (Wildman–Crippen LogP) is 3.29. The van der Waals surface area contributed by atoms with Gasteiger partial charge in [0.1, 0.15) is 10.6 Å². The van der Waals surface area contributed by atoms with E-state index in [1.165, 1.54) is 29.5 Å². The van der Waals surface area contributed by atoms with Crippen molar-refractivity contribution in [2.24, 2.45) is 0 Å². The molecule has 1 heterocycles. The molecule has 3 rings (SSSR count). The molecule has 2 aromatic rings. The first-order valence-electron chi connectivity index (χ1n) is 6.23. The molecular weight excluding hydrogens is 298 g/mol. The maximum atomic E-state index is 11.5. The van der Waals surface area contributed by atoms with E-state index in [1.807, 2.05) is 18.2 Å². The van der Waals surface area contributed by atoms with Crippen LogP contribution in [0.25, 0.3) is 0 Å². The zero-order valence-electron chi connectivity index (χ0n) is 10.5. The topological polar surface area (TPSA) is 56.3 Å². The Bertz CT molecular complexity index is 759. The molecule has 1 aliphatic rings. The number of pyridine rings is 1. The molecule has 0 N–H and O–H groups in total. The van der Waals surface area contributed by atoms with Crippen LogP contribution in [0.2, 0.25) is 0 Å². The number of rotatable bonds is 3. The fourth-order valence-electron chi connectivity index (χ4n) is 2.36. The third-order valence-electron chi connectivity index (χ3n) is 3.28. The van der Waals surface area contributed by atoms with Gasteiger partial charge in [-0.2, -0.15) is 0 Å². The van der Waals surface area contributed by atoms with Gasteiger partial charge in [0.05, 0.1) is 0 Å². The molecule has 6 heteroatoms. The van der Waals surface area contributed by atoms with Crippen LogP contribution in [0.5, 0.6) is 11.6 Å². The number of fused-ring (bicyclic) bond motifs is 1. The molecule has 0 aliphatic heterocycles. The Balaban J connectivity index is 1.96. The average molecular weight is 310 g/mol. The highest BCUT2D eigenvalue weighted by Crippen LogP contribution is 2.31. The summed E-state index contributed by atoms with van der Waals surface area (Å²) in [5, 5.41) is 0. The minimum Gasteiger partial charge on any atom is -0.438 e. The average Bonchev–Trinajstić information content (AvgIpc) is 2.85. The van der Waals surface area contributed by atoms with Crippen molar-refractivity contribution in [1.82, 2.24) is 4.98 Å². The third kappa shape index (κ3) is 2.64. The Hall–Kier alpha value is -1.59. The predicted molar refractivity (Wildman–Crippen MR) is 75.8 cm³/mol. The van der Waals surface area contributed by atoms with Gasteiger partial charge in [0.25, 0.3) is 9.05 Å². The second-order valence-electron chi connectivity index (χ2n) is 4.63. The number of nitrogens with zero attached hydrogens (tertiary/aromatic N) is 1. The Morgan fingerprint density at radius 1 is 1.15 bits per heavy atom. The highest BCUT2D eigenvalue weighted by Gasteiger charge is 2.19. The van der Waals surface area contributed by atoms with E-state index in [0.29, 0.717) is 5.75 Å². The first-order valence-corrected chi connectivity index (χ1v) is 8.54. The molecule has 1 aliphatic carbocycles. The third-order valence-corrected chi connectivity index (χ3v) is 4.62. The minimum absolute atomic E-state index is 0.000414. The summed E-state index contributed by atoms with van der Waals surface area (Å²) in [4.78, 5) is 3.83. The molecule has 1 aromatic heterocycles. The van der Waals surface area contributed by atoms with Gasteiger partial charge in [0.15, 0.2) is 0 Å². The summed E-state index contributed by atoms with van der Waals surface area (Å²) in [5.41, 5.74) is 2.57. The normalized spacial score (nSPS) is 14.1. The number of benzene rings is 1. The number of hydrogen-bond acceptors (Lipinski definition) is 4. The number of hydrogen-bond donors (Lipinski definition) is 0. The van der Waals surface area contributed by atoms with Crippen molar-refractivity contribution in [2.45, 2.75) is 24.2 Å². The fourth-order valence-corrected chi connectivity index (χ4v) is 3.26. The quantitative estimate of drug-likeness (QED) is 0.816. The Morgan fingerprint density at radius 2 is 1.95 bits per heavy atom. The molecule has 0 fully saturated rings. The standard InChI is InChI=1S/C14H12ClNO3S/c15-20(17,18)13-5-2-8-16-14(13)19-12-7-6-10-3-1-4-11(10)9-12/h2,5-9H,1,3-4H2. The zero-order valence-corrected chi connectivity index (χ0v) is 12.1. The van der Waals surface area contributed by atoms with Crippen LogP contribution in [0.4, 0.5) is 0 Å². The molecule has 0 saturated heterocycles.